The van der Waals surface area contributed by atoms with Crippen LogP contribution in [0.1, 0.15) is 6.42 Å². The zero-order valence-corrected chi connectivity index (χ0v) is 17.5. The second-order valence-electron chi connectivity index (χ2n) is 5.88. The van der Waals surface area contributed by atoms with Crippen molar-refractivity contribution in [3.8, 4) is 11.5 Å². The van der Waals surface area contributed by atoms with E-state index in [0.29, 0.717) is 35.0 Å². The first-order valence-corrected chi connectivity index (χ1v) is 10.6. The molecule has 5 nitrogen and oxygen atoms in total. The molecule has 146 valence electrons. The molecule has 0 bridgehead atoms. The van der Waals surface area contributed by atoms with Gasteiger partial charge in [0, 0.05) is 35.7 Å². The molecule has 0 atom stereocenters. The first-order chi connectivity index (χ1) is 13.7. The van der Waals surface area contributed by atoms with Crippen molar-refractivity contribution < 1.29 is 14.3 Å². The highest BCUT2D eigenvalue weighted by molar-refractivity contribution is 7.99. The topological polar surface area (TPSA) is 52.8 Å². The molecule has 1 aromatic heterocycles. The molecule has 0 saturated carbocycles. The zero-order valence-electron chi connectivity index (χ0n) is 15.9. The number of thioether (sulfide) groups is 1. The van der Waals surface area contributed by atoms with Crippen LogP contribution in [-0.2, 0) is 11.3 Å². The van der Waals surface area contributed by atoms with E-state index in [2.05, 4.69) is 11.6 Å². The van der Waals surface area contributed by atoms with Gasteiger partial charge in [-0.05, 0) is 12.1 Å². The third-order valence-electron chi connectivity index (χ3n) is 4.05. The molecule has 0 aliphatic heterocycles. The Bertz CT molecular complexity index is 1040. The Morgan fingerprint density at radius 1 is 1.21 bits per heavy atom. The highest BCUT2D eigenvalue weighted by Gasteiger charge is 2.12. The van der Waals surface area contributed by atoms with Crippen molar-refractivity contribution in [1.29, 1.82) is 0 Å². The maximum absolute atomic E-state index is 12.4. The van der Waals surface area contributed by atoms with Crippen LogP contribution in [0.25, 0.3) is 10.2 Å². The number of rotatable bonds is 8. The van der Waals surface area contributed by atoms with E-state index in [4.69, 9.17) is 9.47 Å². The van der Waals surface area contributed by atoms with Crippen LogP contribution >= 0.6 is 23.1 Å². The summed E-state index contributed by atoms with van der Waals surface area (Å²) in [6.45, 7) is 4.38. The molecular weight excluding hydrogens is 392 g/mol. The number of methoxy groups -OCH3 is 2. The molecule has 1 heterocycles. The summed E-state index contributed by atoms with van der Waals surface area (Å²) in [5.74, 6) is 1.86. The molecule has 7 heteroatoms. The summed E-state index contributed by atoms with van der Waals surface area (Å²) in [5.41, 5.74) is 0.938. The fourth-order valence-electron chi connectivity index (χ4n) is 2.72. The van der Waals surface area contributed by atoms with Crippen molar-refractivity contribution >= 4 is 39.2 Å². The van der Waals surface area contributed by atoms with Crippen LogP contribution in [0.15, 0.2) is 65.0 Å². The van der Waals surface area contributed by atoms with Gasteiger partial charge in [-0.15, -0.1) is 18.3 Å². The van der Waals surface area contributed by atoms with Crippen LogP contribution in [0.3, 0.4) is 0 Å². The highest BCUT2D eigenvalue weighted by Crippen LogP contribution is 2.33. The number of hydrogen-bond acceptors (Lipinski definition) is 5. The minimum Gasteiger partial charge on any atom is -0.493 e. The number of hydrogen-bond donors (Lipinski definition) is 0. The van der Waals surface area contributed by atoms with Gasteiger partial charge in [-0.25, -0.2) is 0 Å². The maximum Gasteiger partial charge on any atom is 0.249 e. The second-order valence-corrected chi connectivity index (χ2v) is 8.05. The van der Waals surface area contributed by atoms with Gasteiger partial charge in [-0.2, -0.15) is 4.99 Å². The summed E-state index contributed by atoms with van der Waals surface area (Å²) in [5, 5.41) is 0. The van der Waals surface area contributed by atoms with Crippen molar-refractivity contribution in [1.82, 2.24) is 4.57 Å². The molecule has 0 radical (unpaired) electrons. The van der Waals surface area contributed by atoms with E-state index in [1.54, 1.807) is 32.1 Å². The van der Waals surface area contributed by atoms with Crippen LogP contribution < -0.4 is 14.3 Å². The Morgan fingerprint density at radius 2 is 1.93 bits per heavy atom. The lowest BCUT2D eigenvalue weighted by atomic mass is 10.3. The van der Waals surface area contributed by atoms with Crippen molar-refractivity contribution in [2.45, 2.75) is 17.9 Å². The number of carbonyl (C=O) groups is 1. The number of nitrogens with zero attached hydrogens (tertiary/aromatic N) is 2. The summed E-state index contributed by atoms with van der Waals surface area (Å²) in [6.07, 6.45) is 2.17. The van der Waals surface area contributed by atoms with E-state index in [-0.39, 0.29) is 5.91 Å². The quantitative estimate of drug-likeness (QED) is 0.402. The van der Waals surface area contributed by atoms with Gasteiger partial charge in [0.05, 0.1) is 24.4 Å². The Hall–Kier alpha value is -2.51. The fourth-order valence-corrected chi connectivity index (χ4v) is 4.65. The minimum absolute atomic E-state index is 0.133. The number of aromatic nitrogens is 1. The van der Waals surface area contributed by atoms with E-state index in [1.165, 1.54) is 11.3 Å². The third kappa shape index (κ3) is 4.66. The summed E-state index contributed by atoms with van der Waals surface area (Å²) in [7, 11) is 3.21. The molecule has 0 aliphatic rings. The standard InChI is InChI=1S/C21H22N2O3S2/c1-4-11-23-16-13-17(25-2)18(26-3)14-19(16)28-21(23)22-20(24)10-12-27-15-8-6-5-7-9-15/h4-9,13-14H,1,10-12H2,2-3H3. The summed E-state index contributed by atoms with van der Waals surface area (Å²) in [4.78, 5) is 18.6. The average Bonchev–Trinajstić information content (AvgIpc) is 3.04. The lowest BCUT2D eigenvalue weighted by Crippen LogP contribution is -2.16. The molecule has 3 rings (SSSR count). The molecule has 2 aromatic carbocycles. The van der Waals surface area contributed by atoms with E-state index in [1.807, 2.05) is 47.0 Å². The van der Waals surface area contributed by atoms with Crippen molar-refractivity contribution in [2.24, 2.45) is 4.99 Å². The van der Waals surface area contributed by atoms with Crippen LogP contribution in [0.5, 0.6) is 11.5 Å². The van der Waals surface area contributed by atoms with Gasteiger partial charge >= 0.3 is 0 Å². The monoisotopic (exact) mass is 414 g/mol. The van der Waals surface area contributed by atoms with Gasteiger partial charge in [-0.3, -0.25) is 4.79 Å². The van der Waals surface area contributed by atoms with Crippen molar-refractivity contribution in [3.05, 3.63) is 59.9 Å². The molecule has 0 saturated heterocycles. The average molecular weight is 415 g/mol. The lowest BCUT2D eigenvalue weighted by molar-refractivity contribution is -0.117. The summed E-state index contributed by atoms with van der Waals surface area (Å²) < 4.78 is 13.7. The molecule has 0 unspecified atom stereocenters. The molecule has 0 N–H and O–H groups in total. The molecule has 3 aromatic rings. The predicted molar refractivity (Wildman–Crippen MR) is 115 cm³/mol. The maximum atomic E-state index is 12.4. The SMILES string of the molecule is C=CCn1c(=NC(=O)CCSc2ccccc2)sc2cc(OC)c(OC)cc21. The minimum atomic E-state index is -0.133. The van der Waals surface area contributed by atoms with Gasteiger partial charge in [0.25, 0.3) is 0 Å². The van der Waals surface area contributed by atoms with E-state index < -0.39 is 0 Å². The smallest absolute Gasteiger partial charge is 0.249 e. The number of allylic oxidation sites excluding steroid dienone is 1. The Kier molecular flexibility index (Phi) is 6.95. The fraction of sp³-hybridized carbons (Fsp3) is 0.238. The second kappa shape index (κ2) is 9.61. The van der Waals surface area contributed by atoms with Crippen LogP contribution in [-0.4, -0.2) is 30.4 Å². The number of carbonyl (C=O) groups excluding carboxylic acids is 1. The number of fused-ring (bicyclic) bond motifs is 1. The lowest BCUT2D eigenvalue weighted by Gasteiger charge is -2.08. The van der Waals surface area contributed by atoms with Gasteiger partial charge in [0.1, 0.15) is 0 Å². The normalized spacial score (nSPS) is 11.6. The number of benzene rings is 2. The van der Waals surface area contributed by atoms with Gasteiger partial charge in [0.15, 0.2) is 16.3 Å². The highest BCUT2D eigenvalue weighted by atomic mass is 32.2. The molecule has 0 fully saturated rings. The molecule has 1 amide bonds. The largest absolute Gasteiger partial charge is 0.493 e. The molecular formula is C21H22N2O3S2. The van der Waals surface area contributed by atoms with E-state index >= 15 is 0 Å². The molecule has 0 aliphatic carbocycles. The van der Waals surface area contributed by atoms with Gasteiger partial charge < -0.3 is 14.0 Å². The van der Waals surface area contributed by atoms with Gasteiger partial charge in [0.2, 0.25) is 5.91 Å². The van der Waals surface area contributed by atoms with Crippen LogP contribution in [0.2, 0.25) is 0 Å². The van der Waals surface area contributed by atoms with Gasteiger partial charge in [-0.1, -0.05) is 35.6 Å². The Labute approximate surface area is 172 Å². The molecule has 0 spiro atoms. The van der Waals surface area contributed by atoms with E-state index in [0.717, 1.165) is 15.1 Å². The first kappa shape index (κ1) is 20.2. The van der Waals surface area contributed by atoms with Crippen LogP contribution in [0.4, 0.5) is 0 Å². The molecule has 28 heavy (non-hydrogen) atoms. The van der Waals surface area contributed by atoms with Crippen molar-refractivity contribution in [2.75, 3.05) is 20.0 Å². The van der Waals surface area contributed by atoms with Crippen LogP contribution in [0, 0.1) is 0 Å². The predicted octanol–water partition coefficient (Wildman–Crippen LogP) is 4.52. The number of ether oxygens (including phenoxy) is 2. The summed E-state index contributed by atoms with van der Waals surface area (Å²) in [6, 6.07) is 13.9. The first-order valence-electron chi connectivity index (χ1n) is 8.78. The Morgan fingerprint density at radius 3 is 2.61 bits per heavy atom. The third-order valence-corrected chi connectivity index (χ3v) is 6.10. The van der Waals surface area contributed by atoms with Crippen molar-refractivity contribution in [3.63, 3.8) is 0 Å². The zero-order chi connectivity index (χ0) is 19.9. The number of amides is 1. The summed E-state index contributed by atoms with van der Waals surface area (Å²) >= 11 is 3.11. The van der Waals surface area contributed by atoms with E-state index in [9.17, 15) is 4.79 Å². The number of thiazole rings is 1. The Balaban J connectivity index is 1.86.